The topological polar surface area (TPSA) is 85.4 Å². The number of anilines is 1. The number of nitrogens with zero attached hydrogens (tertiary/aromatic N) is 6. The van der Waals surface area contributed by atoms with Crippen LogP contribution in [0.5, 0.6) is 0 Å². The van der Waals surface area contributed by atoms with Crippen molar-refractivity contribution in [3.8, 4) is 5.69 Å². The first-order chi connectivity index (χ1) is 14.8. The molecular weight excluding hydrogens is 426 g/mol. The minimum absolute atomic E-state index is 0.0872. The van der Waals surface area contributed by atoms with Crippen molar-refractivity contribution < 1.29 is 17.2 Å². The quantitative estimate of drug-likeness (QED) is 0.481. The van der Waals surface area contributed by atoms with Gasteiger partial charge in [0.2, 0.25) is 0 Å². The van der Waals surface area contributed by atoms with Crippen LogP contribution in [0, 0.1) is 11.6 Å². The van der Waals surface area contributed by atoms with Crippen molar-refractivity contribution in [2.45, 2.75) is 23.8 Å². The van der Waals surface area contributed by atoms with E-state index in [-0.39, 0.29) is 10.9 Å². The van der Waals surface area contributed by atoms with Crippen molar-refractivity contribution in [2.75, 3.05) is 17.7 Å². The normalized spacial score (nSPS) is 17.0. The third-order valence-electron chi connectivity index (χ3n) is 5.43. The summed E-state index contributed by atoms with van der Waals surface area (Å²) in [5.41, 5.74) is 1.27. The van der Waals surface area contributed by atoms with Gasteiger partial charge in [0.1, 0.15) is 28.0 Å². The lowest BCUT2D eigenvalue weighted by atomic mass is 10.0. The number of benzene rings is 1. The van der Waals surface area contributed by atoms with Crippen LogP contribution in [0.1, 0.15) is 24.4 Å². The van der Waals surface area contributed by atoms with Gasteiger partial charge < -0.3 is 4.90 Å². The van der Waals surface area contributed by atoms with Crippen LogP contribution in [0.3, 0.4) is 0 Å². The van der Waals surface area contributed by atoms with E-state index in [0.29, 0.717) is 35.7 Å². The summed E-state index contributed by atoms with van der Waals surface area (Å²) in [4.78, 5) is 6.72. The molecular formula is C20H18F2N6O2S. The Morgan fingerprint density at radius 3 is 2.74 bits per heavy atom. The molecule has 11 heteroatoms. The highest BCUT2D eigenvalue weighted by atomic mass is 32.2. The van der Waals surface area contributed by atoms with Gasteiger partial charge in [0.15, 0.2) is 15.5 Å². The van der Waals surface area contributed by atoms with Gasteiger partial charge in [-0.1, -0.05) is 0 Å². The second-order valence-corrected chi connectivity index (χ2v) is 9.51. The smallest absolute Gasteiger partial charge is 0.183 e. The lowest BCUT2D eigenvalue weighted by molar-refractivity contribution is 0.560. The van der Waals surface area contributed by atoms with Crippen LogP contribution in [-0.2, 0) is 9.84 Å². The number of sulfone groups is 1. The van der Waals surface area contributed by atoms with Gasteiger partial charge in [-0.15, -0.1) is 0 Å². The van der Waals surface area contributed by atoms with E-state index in [1.807, 2.05) is 4.90 Å². The van der Waals surface area contributed by atoms with Crippen LogP contribution < -0.4 is 4.90 Å². The Bertz CT molecular complexity index is 1400. The Morgan fingerprint density at radius 1 is 1.13 bits per heavy atom. The van der Waals surface area contributed by atoms with Crippen molar-refractivity contribution in [3.63, 3.8) is 0 Å². The van der Waals surface area contributed by atoms with E-state index in [4.69, 9.17) is 4.98 Å². The molecule has 0 bridgehead atoms. The Morgan fingerprint density at radius 2 is 1.97 bits per heavy atom. The maximum absolute atomic E-state index is 14.4. The molecule has 0 radical (unpaired) electrons. The van der Waals surface area contributed by atoms with Crippen LogP contribution in [0.4, 0.5) is 14.6 Å². The minimum Gasteiger partial charge on any atom is -0.349 e. The maximum Gasteiger partial charge on any atom is 0.183 e. The first-order valence-electron chi connectivity index (χ1n) is 9.62. The van der Waals surface area contributed by atoms with Crippen LogP contribution >= 0.6 is 0 Å². The summed E-state index contributed by atoms with van der Waals surface area (Å²) in [5, 5.41) is 8.38. The zero-order valence-corrected chi connectivity index (χ0v) is 17.3. The zero-order valence-electron chi connectivity index (χ0n) is 16.5. The minimum atomic E-state index is -3.40. The van der Waals surface area contributed by atoms with Crippen LogP contribution in [0.2, 0.25) is 0 Å². The molecule has 1 aliphatic heterocycles. The van der Waals surface area contributed by atoms with Crippen LogP contribution in [-0.4, -0.2) is 45.6 Å². The highest BCUT2D eigenvalue weighted by molar-refractivity contribution is 7.90. The SMILES string of the molecule is CS(=O)(=O)c1cnn(-c2cnn3ccc(N4CCCC4c4cc(F)ccc4F)nc23)c1. The molecule has 1 aliphatic rings. The van der Waals surface area contributed by atoms with E-state index in [0.717, 1.165) is 24.8 Å². The molecule has 5 rings (SSSR count). The van der Waals surface area contributed by atoms with Gasteiger partial charge in [-0.05, 0) is 37.1 Å². The molecule has 1 fully saturated rings. The summed E-state index contributed by atoms with van der Waals surface area (Å²) in [6, 6.07) is 4.92. The van der Waals surface area contributed by atoms with Crippen molar-refractivity contribution in [1.29, 1.82) is 0 Å². The third-order valence-corrected chi connectivity index (χ3v) is 6.50. The van der Waals surface area contributed by atoms with E-state index in [1.165, 1.54) is 23.1 Å². The number of aromatic nitrogens is 5. The summed E-state index contributed by atoms with van der Waals surface area (Å²) < 4.78 is 54.7. The van der Waals surface area contributed by atoms with Gasteiger partial charge >= 0.3 is 0 Å². The molecule has 1 aromatic carbocycles. The Kier molecular flexibility index (Phi) is 4.50. The first kappa shape index (κ1) is 19.6. The standard InChI is InChI=1S/C20H18F2N6O2S/c1-31(29,30)14-10-23-28(12-14)18-11-24-27-8-6-19(25-20(18)27)26-7-2-3-17(26)15-9-13(21)4-5-16(15)22/h4-6,8-12,17H,2-3,7H2,1H3. The molecule has 0 spiro atoms. The number of hydrogen-bond acceptors (Lipinski definition) is 6. The molecule has 0 N–H and O–H groups in total. The fourth-order valence-electron chi connectivity index (χ4n) is 3.93. The van der Waals surface area contributed by atoms with E-state index >= 15 is 0 Å². The van der Waals surface area contributed by atoms with Crippen molar-refractivity contribution in [2.24, 2.45) is 0 Å². The predicted octanol–water partition coefficient (Wildman–Crippen LogP) is 2.94. The summed E-state index contributed by atoms with van der Waals surface area (Å²) >= 11 is 0. The number of rotatable bonds is 4. The molecule has 0 amide bonds. The van der Waals surface area contributed by atoms with Crippen molar-refractivity contribution in [3.05, 3.63) is 66.3 Å². The van der Waals surface area contributed by atoms with E-state index in [2.05, 4.69) is 10.2 Å². The maximum atomic E-state index is 14.4. The molecule has 3 aromatic heterocycles. The fraction of sp³-hybridized carbons (Fsp3) is 0.250. The van der Waals surface area contributed by atoms with E-state index in [1.54, 1.807) is 23.0 Å². The molecule has 1 saturated heterocycles. The molecule has 160 valence electrons. The van der Waals surface area contributed by atoms with Gasteiger partial charge in [-0.3, -0.25) is 0 Å². The monoisotopic (exact) mass is 444 g/mol. The fourth-order valence-corrected chi connectivity index (χ4v) is 4.46. The molecule has 4 heterocycles. The largest absolute Gasteiger partial charge is 0.349 e. The number of hydrogen-bond donors (Lipinski definition) is 0. The molecule has 4 aromatic rings. The summed E-state index contributed by atoms with van der Waals surface area (Å²) in [5.74, 6) is -0.338. The van der Waals surface area contributed by atoms with Gasteiger partial charge in [-0.25, -0.2) is 31.4 Å². The molecule has 1 atom stereocenters. The Labute approximate surface area is 176 Å². The third kappa shape index (κ3) is 3.44. The molecule has 8 nitrogen and oxygen atoms in total. The number of halogens is 2. The first-order valence-corrected chi connectivity index (χ1v) is 11.5. The van der Waals surface area contributed by atoms with Gasteiger partial charge in [0.05, 0.1) is 18.4 Å². The van der Waals surface area contributed by atoms with Gasteiger partial charge in [-0.2, -0.15) is 10.2 Å². The summed E-state index contributed by atoms with van der Waals surface area (Å²) in [6.45, 7) is 0.646. The lowest BCUT2D eigenvalue weighted by Gasteiger charge is -2.26. The predicted molar refractivity (Wildman–Crippen MR) is 109 cm³/mol. The average molecular weight is 444 g/mol. The van der Waals surface area contributed by atoms with Crippen molar-refractivity contribution in [1.82, 2.24) is 24.4 Å². The van der Waals surface area contributed by atoms with Gasteiger partial charge in [0.25, 0.3) is 0 Å². The zero-order chi connectivity index (χ0) is 21.8. The van der Waals surface area contributed by atoms with Crippen LogP contribution in [0.15, 0.2) is 53.9 Å². The highest BCUT2D eigenvalue weighted by Gasteiger charge is 2.30. The molecule has 1 unspecified atom stereocenters. The molecule has 0 aliphatic carbocycles. The van der Waals surface area contributed by atoms with E-state index in [9.17, 15) is 17.2 Å². The number of fused-ring (bicyclic) bond motifs is 1. The highest BCUT2D eigenvalue weighted by Crippen LogP contribution is 2.37. The summed E-state index contributed by atoms with van der Waals surface area (Å²) in [6.07, 6.45) is 8.54. The average Bonchev–Trinajstić information content (AvgIpc) is 3.47. The Balaban J connectivity index is 1.56. The van der Waals surface area contributed by atoms with Crippen LogP contribution in [0.25, 0.3) is 11.3 Å². The second kappa shape index (κ2) is 7.12. The second-order valence-electron chi connectivity index (χ2n) is 7.49. The van der Waals surface area contributed by atoms with E-state index < -0.39 is 21.5 Å². The molecule has 31 heavy (non-hydrogen) atoms. The lowest BCUT2D eigenvalue weighted by Crippen LogP contribution is -2.24. The van der Waals surface area contributed by atoms with Gasteiger partial charge in [0, 0.05) is 30.8 Å². The summed E-state index contributed by atoms with van der Waals surface area (Å²) in [7, 11) is -3.40. The molecule has 0 saturated carbocycles. The Hall–Kier alpha value is -3.34. The van der Waals surface area contributed by atoms with Crippen molar-refractivity contribution >= 4 is 21.3 Å².